The Kier molecular flexibility index (Phi) is 10.1. The lowest BCUT2D eigenvalue weighted by molar-refractivity contribution is 0.715. The van der Waals surface area contributed by atoms with Crippen molar-refractivity contribution in [2.45, 2.75) is 37.8 Å². The predicted octanol–water partition coefficient (Wildman–Crippen LogP) is 7.61. The van der Waals surface area contributed by atoms with Crippen molar-refractivity contribution in [2.24, 2.45) is 0 Å². The van der Waals surface area contributed by atoms with Gasteiger partial charge in [-0.2, -0.15) is 0 Å². The van der Waals surface area contributed by atoms with Gasteiger partial charge in [0, 0.05) is 17.7 Å². The lowest BCUT2D eigenvalue weighted by Gasteiger charge is -2.29. The molecule has 2 nitrogen and oxygen atoms in total. The molecule has 166 valence electrons. The molecule has 1 N–H and O–H groups in total. The van der Waals surface area contributed by atoms with Gasteiger partial charge in [0.25, 0.3) is 0 Å². The minimum Gasteiger partial charge on any atom is -0.384 e. The van der Waals surface area contributed by atoms with E-state index in [1.165, 1.54) is 5.56 Å². The van der Waals surface area contributed by atoms with E-state index >= 15 is 0 Å². The Labute approximate surface area is 194 Å². The van der Waals surface area contributed by atoms with Gasteiger partial charge in [-0.3, -0.25) is 0 Å². The summed E-state index contributed by atoms with van der Waals surface area (Å²) in [5.41, 5.74) is 4.59. The van der Waals surface area contributed by atoms with Crippen LogP contribution < -0.4 is 10.2 Å². The number of hydrogen-bond donors (Lipinski definition) is 1. The van der Waals surface area contributed by atoms with Crippen molar-refractivity contribution in [2.75, 3.05) is 4.90 Å². The first-order valence-electron chi connectivity index (χ1n) is 11.2. The summed E-state index contributed by atoms with van der Waals surface area (Å²) in [7, 11) is 0. The van der Waals surface area contributed by atoms with Crippen LogP contribution in [0.2, 0.25) is 0 Å². The molecule has 1 aromatic rings. The third-order valence-corrected chi connectivity index (χ3v) is 5.45. The molecule has 0 amide bonds. The first-order valence-corrected chi connectivity index (χ1v) is 11.2. The van der Waals surface area contributed by atoms with E-state index in [9.17, 15) is 0 Å². The fourth-order valence-corrected chi connectivity index (χ4v) is 3.95. The number of anilines is 1. The Bertz CT molecular complexity index is 942. The number of nitrogens with zero attached hydrogens (tertiary/aromatic N) is 1. The summed E-state index contributed by atoms with van der Waals surface area (Å²) < 4.78 is 0. The number of fused-ring (bicyclic) bond motifs is 1. The molecule has 0 bridgehead atoms. The van der Waals surface area contributed by atoms with E-state index in [1.807, 2.05) is 42.7 Å². The third-order valence-electron chi connectivity index (χ3n) is 5.45. The van der Waals surface area contributed by atoms with Crippen LogP contribution in [0, 0.1) is 0 Å². The quantitative estimate of drug-likeness (QED) is 0.259. The summed E-state index contributed by atoms with van der Waals surface area (Å²) >= 11 is 0. The van der Waals surface area contributed by atoms with Crippen molar-refractivity contribution < 1.29 is 0 Å². The first-order chi connectivity index (χ1) is 15.7. The summed E-state index contributed by atoms with van der Waals surface area (Å²) in [5.74, 6) is 0.151. The Morgan fingerprint density at radius 2 is 1.94 bits per heavy atom. The maximum absolute atomic E-state index is 4.14. The lowest BCUT2D eigenvalue weighted by atomic mass is 9.94. The number of benzene rings is 1. The number of hydrogen-bond acceptors (Lipinski definition) is 2. The van der Waals surface area contributed by atoms with Crippen LogP contribution in [0.5, 0.6) is 0 Å². The second-order valence-corrected chi connectivity index (χ2v) is 7.53. The number of nitrogens with one attached hydrogen (secondary N) is 1. The van der Waals surface area contributed by atoms with E-state index in [2.05, 4.69) is 98.6 Å². The highest BCUT2D eigenvalue weighted by atomic mass is 15.2. The predicted molar refractivity (Wildman–Crippen MR) is 144 cm³/mol. The summed E-state index contributed by atoms with van der Waals surface area (Å²) in [5, 5.41) is 3.40. The molecule has 0 saturated carbocycles. The van der Waals surface area contributed by atoms with Gasteiger partial charge in [-0.1, -0.05) is 80.3 Å². The van der Waals surface area contributed by atoms with Crippen molar-refractivity contribution >= 4 is 11.8 Å². The topological polar surface area (TPSA) is 15.3 Å². The van der Waals surface area contributed by atoms with Gasteiger partial charge in [0.05, 0.1) is 11.7 Å². The zero-order valence-electron chi connectivity index (χ0n) is 19.3. The van der Waals surface area contributed by atoms with Crippen LogP contribution in [0.1, 0.15) is 36.8 Å². The van der Waals surface area contributed by atoms with E-state index in [0.29, 0.717) is 0 Å². The number of allylic oxidation sites excluding steroid dienone is 6. The molecule has 3 atom stereocenters. The molecular formula is C30H36N2. The van der Waals surface area contributed by atoms with E-state index < -0.39 is 0 Å². The molecule has 32 heavy (non-hydrogen) atoms. The molecule has 1 aliphatic heterocycles. The smallest absolute Gasteiger partial charge is 0.0623 e. The molecule has 2 heteroatoms. The van der Waals surface area contributed by atoms with Gasteiger partial charge in [0.15, 0.2) is 0 Å². The van der Waals surface area contributed by atoms with Gasteiger partial charge >= 0.3 is 0 Å². The molecule has 1 heterocycles. The molecule has 0 spiro atoms. The fraction of sp³-hybridized carbons (Fsp3) is 0.200. The minimum atomic E-state index is 0.0673. The van der Waals surface area contributed by atoms with Crippen LogP contribution in [0.15, 0.2) is 124 Å². The Morgan fingerprint density at radius 3 is 2.56 bits per heavy atom. The Morgan fingerprint density at radius 1 is 1.12 bits per heavy atom. The van der Waals surface area contributed by atoms with Gasteiger partial charge in [0.1, 0.15) is 0 Å². The summed E-state index contributed by atoms with van der Waals surface area (Å²) in [6.45, 7) is 22.0. The SMILES string of the molecule is C=C\C=C(/C=C/C=C/CC)N1c2c(/C=C\NC(C=C)CC=C)cccc2C(C=C)C1C=C. The van der Waals surface area contributed by atoms with Gasteiger partial charge in [-0.05, 0) is 48.4 Å². The van der Waals surface area contributed by atoms with E-state index in [4.69, 9.17) is 0 Å². The zero-order chi connectivity index (χ0) is 23.3. The Hall–Kier alpha value is -3.52. The van der Waals surface area contributed by atoms with Gasteiger partial charge in [-0.15, -0.1) is 26.3 Å². The van der Waals surface area contributed by atoms with Crippen molar-refractivity contribution in [1.82, 2.24) is 5.32 Å². The van der Waals surface area contributed by atoms with Gasteiger partial charge < -0.3 is 10.2 Å². The van der Waals surface area contributed by atoms with Crippen molar-refractivity contribution in [3.05, 3.63) is 135 Å². The molecular weight excluding hydrogens is 388 g/mol. The number of rotatable bonds is 13. The molecule has 1 aliphatic rings. The maximum atomic E-state index is 4.14. The molecule has 2 rings (SSSR count). The van der Waals surface area contributed by atoms with Crippen LogP contribution in [-0.2, 0) is 0 Å². The van der Waals surface area contributed by atoms with E-state index in [1.54, 1.807) is 0 Å². The van der Waals surface area contributed by atoms with Crippen molar-refractivity contribution in [3.63, 3.8) is 0 Å². The first kappa shape index (κ1) is 24.7. The highest BCUT2D eigenvalue weighted by Gasteiger charge is 2.37. The van der Waals surface area contributed by atoms with Crippen molar-refractivity contribution in [3.8, 4) is 0 Å². The van der Waals surface area contributed by atoms with Crippen LogP contribution in [0.25, 0.3) is 6.08 Å². The number of para-hydroxylation sites is 1. The van der Waals surface area contributed by atoms with Crippen LogP contribution in [-0.4, -0.2) is 12.1 Å². The zero-order valence-corrected chi connectivity index (χ0v) is 19.3. The van der Waals surface area contributed by atoms with Crippen LogP contribution in [0.4, 0.5) is 5.69 Å². The second kappa shape index (κ2) is 13.0. The molecule has 0 fully saturated rings. The third kappa shape index (κ3) is 5.79. The van der Waals surface area contributed by atoms with E-state index in [0.717, 1.165) is 29.8 Å². The summed E-state index contributed by atoms with van der Waals surface area (Å²) in [4.78, 5) is 2.33. The van der Waals surface area contributed by atoms with Crippen LogP contribution in [0.3, 0.4) is 0 Å². The minimum absolute atomic E-state index is 0.0673. The summed E-state index contributed by atoms with van der Waals surface area (Å²) in [6, 6.07) is 6.64. The normalized spacial score (nSPS) is 19.3. The molecule has 0 aromatic heterocycles. The standard InChI is InChI=1S/C30H36N2/c1-7-13-14-15-20-26(18-9-3)32-29(12-6)27(11-5)28-21-16-19-24(30(28)32)22-23-31-25(10-4)17-8-2/h8-16,18-23,25,27,29,31H,2-7,17H2,1H3/b14-13+,20-15+,23-22-,26-18+. The average Bonchev–Trinajstić information content (AvgIpc) is 3.14. The summed E-state index contributed by atoms with van der Waals surface area (Å²) in [6.07, 6.45) is 26.0. The molecule has 1 aromatic carbocycles. The van der Waals surface area contributed by atoms with Crippen molar-refractivity contribution in [1.29, 1.82) is 0 Å². The second-order valence-electron chi connectivity index (χ2n) is 7.53. The Balaban J connectivity index is 2.55. The molecule has 0 saturated heterocycles. The average molecular weight is 425 g/mol. The van der Waals surface area contributed by atoms with Gasteiger partial charge in [-0.25, -0.2) is 0 Å². The molecule has 3 unspecified atom stereocenters. The highest BCUT2D eigenvalue weighted by molar-refractivity contribution is 5.79. The monoisotopic (exact) mass is 424 g/mol. The molecule has 0 aliphatic carbocycles. The van der Waals surface area contributed by atoms with Gasteiger partial charge in [0.2, 0.25) is 0 Å². The highest BCUT2D eigenvalue weighted by Crippen LogP contribution is 2.46. The maximum Gasteiger partial charge on any atom is 0.0623 e. The lowest BCUT2D eigenvalue weighted by Crippen LogP contribution is -2.31. The molecule has 0 radical (unpaired) electrons. The van der Waals surface area contributed by atoms with Crippen LogP contribution >= 0.6 is 0 Å². The fourth-order valence-electron chi connectivity index (χ4n) is 3.95. The largest absolute Gasteiger partial charge is 0.384 e. The van der Waals surface area contributed by atoms with E-state index in [-0.39, 0.29) is 18.0 Å².